The van der Waals surface area contributed by atoms with Crippen LogP contribution in [-0.2, 0) is 26.2 Å². The van der Waals surface area contributed by atoms with Crippen LogP contribution in [0.15, 0.2) is 66.7 Å². The quantitative estimate of drug-likeness (QED) is 0.719. The van der Waals surface area contributed by atoms with Crippen molar-refractivity contribution in [3.8, 4) is 0 Å². The zero-order valence-electron chi connectivity index (χ0n) is 14.5. The maximum atomic E-state index is 9.31. The summed E-state index contributed by atoms with van der Waals surface area (Å²) in [5.74, 6) is 0. The number of aliphatic hydroxyl groups is 1. The van der Waals surface area contributed by atoms with Crippen LogP contribution in [0.2, 0.25) is 0 Å². The Labute approximate surface area is 148 Å². The maximum Gasteiger partial charge on any atom is 0.0853 e. The standard InChI is InChI=1S/C21H23N3O/c1-17-7-5-10-19(22-17)14-24(13-18-8-3-2-4-9-18)15-20-11-6-12-21(16-25)23-20/h2-12,25H,13-16H2,1H3. The molecule has 1 aromatic carbocycles. The van der Waals surface area contributed by atoms with Crippen LogP contribution < -0.4 is 0 Å². The second-order valence-electron chi connectivity index (χ2n) is 6.18. The Morgan fingerprint density at radius 2 is 1.36 bits per heavy atom. The van der Waals surface area contributed by atoms with Crippen molar-refractivity contribution in [3.63, 3.8) is 0 Å². The molecule has 0 bridgehead atoms. The summed E-state index contributed by atoms with van der Waals surface area (Å²) in [6.07, 6.45) is 0. The third-order valence-corrected chi connectivity index (χ3v) is 3.99. The Morgan fingerprint density at radius 3 is 2.04 bits per heavy atom. The average molecular weight is 333 g/mol. The summed E-state index contributed by atoms with van der Waals surface area (Å²) in [4.78, 5) is 11.5. The SMILES string of the molecule is Cc1cccc(CN(Cc2ccccc2)Cc2cccc(CO)n2)n1. The van der Waals surface area contributed by atoms with Gasteiger partial charge < -0.3 is 5.11 Å². The van der Waals surface area contributed by atoms with Crippen molar-refractivity contribution in [1.29, 1.82) is 0 Å². The molecule has 0 fully saturated rings. The summed E-state index contributed by atoms with van der Waals surface area (Å²) in [7, 11) is 0. The van der Waals surface area contributed by atoms with Gasteiger partial charge in [-0.3, -0.25) is 14.9 Å². The number of hydrogen-bond donors (Lipinski definition) is 1. The normalized spacial score (nSPS) is 11.0. The molecule has 4 heteroatoms. The van der Waals surface area contributed by atoms with E-state index in [-0.39, 0.29) is 6.61 Å². The predicted octanol–water partition coefficient (Wildman–Crippen LogP) is 3.48. The van der Waals surface area contributed by atoms with Crippen LogP contribution in [0.3, 0.4) is 0 Å². The highest BCUT2D eigenvalue weighted by Gasteiger charge is 2.10. The minimum atomic E-state index is -0.0358. The number of aromatic nitrogens is 2. The van der Waals surface area contributed by atoms with Gasteiger partial charge in [0.15, 0.2) is 0 Å². The molecule has 0 atom stereocenters. The number of pyridine rings is 2. The molecule has 1 N–H and O–H groups in total. The zero-order valence-corrected chi connectivity index (χ0v) is 14.5. The monoisotopic (exact) mass is 333 g/mol. The van der Waals surface area contributed by atoms with E-state index in [0.29, 0.717) is 12.2 Å². The lowest BCUT2D eigenvalue weighted by Gasteiger charge is -2.22. The van der Waals surface area contributed by atoms with Gasteiger partial charge in [-0.2, -0.15) is 0 Å². The van der Waals surface area contributed by atoms with Crippen LogP contribution in [0, 0.1) is 6.92 Å². The van der Waals surface area contributed by atoms with Crippen molar-refractivity contribution in [2.24, 2.45) is 0 Å². The van der Waals surface area contributed by atoms with Crippen molar-refractivity contribution in [1.82, 2.24) is 14.9 Å². The van der Waals surface area contributed by atoms with Gasteiger partial charge in [-0.25, -0.2) is 0 Å². The first-order chi connectivity index (χ1) is 12.2. The van der Waals surface area contributed by atoms with E-state index in [0.717, 1.165) is 30.2 Å². The second-order valence-corrected chi connectivity index (χ2v) is 6.18. The smallest absolute Gasteiger partial charge is 0.0853 e. The van der Waals surface area contributed by atoms with Gasteiger partial charge in [-0.05, 0) is 36.8 Å². The largest absolute Gasteiger partial charge is 0.390 e. The fourth-order valence-electron chi connectivity index (χ4n) is 2.86. The lowest BCUT2D eigenvalue weighted by atomic mass is 10.2. The van der Waals surface area contributed by atoms with Crippen molar-refractivity contribution in [2.75, 3.05) is 0 Å². The average Bonchev–Trinajstić information content (AvgIpc) is 2.63. The number of aliphatic hydroxyl groups excluding tert-OH is 1. The molecule has 3 aromatic rings. The molecule has 0 aliphatic heterocycles. The molecule has 0 unspecified atom stereocenters. The van der Waals surface area contributed by atoms with E-state index in [1.165, 1.54) is 5.56 Å². The fourth-order valence-corrected chi connectivity index (χ4v) is 2.86. The van der Waals surface area contributed by atoms with Crippen LogP contribution in [-0.4, -0.2) is 20.0 Å². The van der Waals surface area contributed by atoms with E-state index in [2.05, 4.69) is 45.2 Å². The molecule has 4 nitrogen and oxygen atoms in total. The molecule has 0 saturated heterocycles. The Kier molecular flexibility index (Phi) is 5.88. The minimum Gasteiger partial charge on any atom is -0.390 e. The summed E-state index contributed by atoms with van der Waals surface area (Å²) in [6.45, 7) is 4.25. The van der Waals surface area contributed by atoms with Crippen LogP contribution in [0.4, 0.5) is 0 Å². The first-order valence-corrected chi connectivity index (χ1v) is 8.47. The third kappa shape index (κ3) is 5.21. The van der Waals surface area contributed by atoms with Gasteiger partial charge in [-0.1, -0.05) is 42.5 Å². The molecule has 128 valence electrons. The number of benzene rings is 1. The molecule has 0 spiro atoms. The summed E-state index contributed by atoms with van der Waals surface area (Å²) in [5.41, 5.74) is 4.99. The first kappa shape index (κ1) is 17.3. The lowest BCUT2D eigenvalue weighted by Crippen LogP contribution is -2.23. The van der Waals surface area contributed by atoms with Crippen LogP contribution in [0.25, 0.3) is 0 Å². The van der Waals surface area contributed by atoms with Gasteiger partial charge in [0.05, 0.1) is 23.7 Å². The highest BCUT2D eigenvalue weighted by Crippen LogP contribution is 2.13. The van der Waals surface area contributed by atoms with Crippen molar-refractivity contribution >= 4 is 0 Å². The van der Waals surface area contributed by atoms with Gasteiger partial charge in [-0.15, -0.1) is 0 Å². The van der Waals surface area contributed by atoms with E-state index < -0.39 is 0 Å². The van der Waals surface area contributed by atoms with E-state index in [4.69, 9.17) is 0 Å². The van der Waals surface area contributed by atoms with Gasteiger partial charge in [0.2, 0.25) is 0 Å². The molecule has 2 aromatic heterocycles. The zero-order chi connectivity index (χ0) is 17.5. The Bertz CT molecular complexity index is 805. The van der Waals surface area contributed by atoms with Crippen LogP contribution in [0.5, 0.6) is 0 Å². The summed E-state index contributed by atoms with van der Waals surface area (Å²) in [6, 6.07) is 22.3. The summed E-state index contributed by atoms with van der Waals surface area (Å²) >= 11 is 0. The molecule has 25 heavy (non-hydrogen) atoms. The predicted molar refractivity (Wildman–Crippen MR) is 98.5 cm³/mol. The highest BCUT2D eigenvalue weighted by molar-refractivity contribution is 5.16. The van der Waals surface area contributed by atoms with Gasteiger partial charge in [0.25, 0.3) is 0 Å². The highest BCUT2D eigenvalue weighted by atomic mass is 16.3. The molecule has 0 aliphatic carbocycles. The first-order valence-electron chi connectivity index (χ1n) is 8.47. The van der Waals surface area contributed by atoms with E-state index in [1.807, 2.05) is 43.3 Å². The molecule has 2 heterocycles. The molecular formula is C21H23N3O. The van der Waals surface area contributed by atoms with E-state index in [9.17, 15) is 5.11 Å². The van der Waals surface area contributed by atoms with Crippen molar-refractivity contribution in [3.05, 3.63) is 95.1 Å². The molecule has 0 aliphatic rings. The van der Waals surface area contributed by atoms with Crippen molar-refractivity contribution in [2.45, 2.75) is 33.2 Å². The fraction of sp³-hybridized carbons (Fsp3) is 0.238. The number of rotatable bonds is 7. The number of aryl methyl sites for hydroxylation is 1. The topological polar surface area (TPSA) is 49.2 Å². The van der Waals surface area contributed by atoms with Gasteiger partial charge in [0.1, 0.15) is 0 Å². The maximum absolute atomic E-state index is 9.31. The van der Waals surface area contributed by atoms with Crippen LogP contribution in [0.1, 0.15) is 28.3 Å². The number of nitrogens with zero attached hydrogens (tertiary/aromatic N) is 3. The Hall–Kier alpha value is -2.56. The van der Waals surface area contributed by atoms with Crippen molar-refractivity contribution < 1.29 is 5.11 Å². The number of hydrogen-bond acceptors (Lipinski definition) is 4. The minimum absolute atomic E-state index is 0.0358. The molecule has 0 radical (unpaired) electrons. The Balaban J connectivity index is 1.80. The van der Waals surface area contributed by atoms with Gasteiger partial charge >= 0.3 is 0 Å². The lowest BCUT2D eigenvalue weighted by molar-refractivity contribution is 0.239. The van der Waals surface area contributed by atoms with E-state index in [1.54, 1.807) is 0 Å². The molecule has 3 rings (SSSR count). The molecule has 0 saturated carbocycles. The van der Waals surface area contributed by atoms with Crippen LogP contribution >= 0.6 is 0 Å². The van der Waals surface area contributed by atoms with E-state index >= 15 is 0 Å². The molecular weight excluding hydrogens is 310 g/mol. The third-order valence-electron chi connectivity index (χ3n) is 3.99. The Morgan fingerprint density at radius 1 is 0.720 bits per heavy atom. The van der Waals surface area contributed by atoms with Gasteiger partial charge in [0, 0.05) is 25.3 Å². The summed E-state index contributed by atoms with van der Waals surface area (Å²) < 4.78 is 0. The summed E-state index contributed by atoms with van der Waals surface area (Å²) in [5, 5.41) is 9.31. The molecule has 0 amide bonds. The second kappa shape index (κ2) is 8.51.